The minimum Gasteiger partial charge on any atom is -0.497 e. The second-order valence-electron chi connectivity index (χ2n) is 5.89. The predicted octanol–water partition coefficient (Wildman–Crippen LogP) is 4.27. The molecule has 130 valence electrons. The van der Waals surface area contributed by atoms with Crippen molar-refractivity contribution in [1.82, 2.24) is 4.98 Å². The van der Waals surface area contributed by atoms with Crippen molar-refractivity contribution in [3.05, 3.63) is 102 Å². The summed E-state index contributed by atoms with van der Waals surface area (Å²) in [6.07, 6.45) is 5.63. The van der Waals surface area contributed by atoms with Crippen molar-refractivity contribution in [2.75, 3.05) is 7.11 Å². The van der Waals surface area contributed by atoms with Crippen LogP contribution in [-0.4, -0.2) is 17.8 Å². The highest BCUT2D eigenvalue weighted by Crippen LogP contribution is 2.24. The summed E-state index contributed by atoms with van der Waals surface area (Å²) in [6.45, 7) is 6.01. The van der Waals surface area contributed by atoms with E-state index < -0.39 is 0 Å². The molecular weight excluding hydrogens is 322 g/mol. The van der Waals surface area contributed by atoms with Crippen molar-refractivity contribution in [2.45, 2.75) is 6.92 Å². The van der Waals surface area contributed by atoms with Gasteiger partial charge in [0.15, 0.2) is 0 Å². The molecule has 0 spiro atoms. The normalized spacial score (nSPS) is 17.0. The second-order valence-corrected chi connectivity index (χ2v) is 5.89. The van der Waals surface area contributed by atoms with Gasteiger partial charge in [-0.3, -0.25) is 4.98 Å². The predicted molar refractivity (Wildman–Crippen MR) is 107 cm³/mol. The SMILES string of the molecule is C=C(/N=C1/C=CC(OC)=C/C1=C(/N)c1ccccc1)c1cccc(C)n1. The maximum atomic E-state index is 6.44. The van der Waals surface area contributed by atoms with Crippen LogP contribution in [0.5, 0.6) is 0 Å². The fourth-order valence-corrected chi connectivity index (χ4v) is 2.64. The lowest BCUT2D eigenvalue weighted by molar-refractivity contribution is 0.306. The highest BCUT2D eigenvalue weighted by molar-refractivity contribution is 6.17. The number of pyridine rings is 1. The molecule has 0 bridgehead atoms. The van der Waals surface area contributed by atoms with Gasteiger partial charge in [0.05, 0.1) is 24.2 Å². The van der Waals surface area contributed by atoms with Gasteiger partial charge in [0.1, 0.15) is 5.76 Å². The van der Waals surface area contributed by atoms with Crippen LogP contribution in [0.3, 0.4) is 0 Å². The van der Waals surface area contributed by atoms with Crippen LogP contribution < -0.4 is 5.73 Å². The third-order valence-electron chi connectivity index (χ3n) is 4.02. The average Bonchev–Trinajstić information content (AvgIpc) is 2.68. The molecule has 0 saturated heterocycles. The molecule has 1 aromatic heterocycles. The molecule has 2 N–H and O–H groups in total. The van der Waals surface area contributed by atoms with Crippen molar-refractivity contribution in [3.63, 3.8) is 0 Å². The zero-order chi connectivity index (χ0) is 18.5. The van der Waals surface area contributed by atoms with Gasteiger partial charge in [-0.1, -0.05) is 43.0 Å². The Morgan fingerprint density at radius 2 is 1.85 bits per heavy atom. The minimum absolute atomic E-state index is 0.584. The van der Waals surface area contributed by atoms with Crippen LogP contribution in [0.25, 0.3) is 11.4 Å². The molecule has 2 aromatic rings. The summed E-state index contributed by atoms with van der Waals surface area (Å²) in [5.41, 5.74) is 11.8. The van der Waals surface area contributed by atoms with E-state index in [9.17, 15) is 0 Å². The maximum absolute atomic E-state index is 6.44. The topological polar surface area (TPSA) is 60.5 Å². The highest BCUT2D eigenvalue weighted by atomic mass is 16.5. The van der Waals surface area contributed by atoms with E-state index in [1.807, 2.05) is 73.7 Å². The first-order chi connectivity index (χ1) is 12.6. The first kappa shape index (κ1) is 17.4. The zero-order valence-corrected chi connectivity index (χ0v) is 14.9. The number of benzene rings is 1. The molecule has 0 unspecified atom stereocenters. The Labute approximate surface area is 153 Å². The van der Waals surface area contributed by atoms with Gasteiger partial charge in [-0.05, 0) is 42.8 Å². The Morgan fingerprint density at radius 3 is 2.54 bits per heavy atom. The van der Waals surface area contributed by atoms with Gasteiger partial charge in [-0.25, -0.2) is 4.99 Å². The third kappa shape index (κ3) is 3.81. The van der Waals surface area contributed by atoms with E-state index in [-0.39, 0.29) is 0 Å². The van der Waals surface area contributed by atoms with Gasteiger partial charge in [0, 0.05) is 17.0 Å². The number of methoxy groups -OCH3 is 1. The number of aryl methyl sites for hydroxylation is 1. The van der Waals surface area contributed by atoms with Crippen LogP contribution in [0.4, 0.5) is 0 Å². The fourth-order valence-electron chi connectivity index (χ4n) is 2.64. The molecule has 1 aliphatic rings. The molecule has 0 aliphatic heterocycles. The number of hydrogen-bond acceptors (Lipinski definition) is 4. The first-order valence-electron chi connectivity index (χ1n) is 8.29. The summed E-state index contributed by atoms with van der Waals surface area (Å²) >= 11 is 0. The molecule has 0 atom stereocenters. The molecule has 0 amide bonds. The summed E-state index contributed by atoms with van der Waals surface area (Å²) in [5, 5.41) is 0. The molecule has 1 aliphatic carbocycles. The van der Waals surface area contributed by atoms with Crippen LogP contribution in [0.15, 0.2) is 89.7 Å². The van der Waals surface area contributed by atoms with Crippen molar-refractivity contribution in [2.24, 2.45) is 10.7 Å². The van der Waals surface area contributed by atoms with Gasteiger partial charge in [-0.2, -0.15) is 0 Å². The van der Waals surface area contributed by atoms with Crippen molar-refractivity contribution in [1.29, 1.82) is 0 Å². The number of nitrogens with zero attached hydrogens (tertiary/aromatic N) is 2. The number of nitrogens with two attached hydrogens (primary N) is 1. The maximum Gasteiger partial charge on any atom is 0.119 e. The van der Waals surface area contributed by atoms with Crippen LogP contribution in [0.1, 0.15) is 17.0 Å². The molecule has 1 aromatic carbocycles. The monoisotopic (exact) mass is 343 g/mol. The van der Waals surface area contributed by atoms with Crippen molar-refractivity contribution >= 4 is 17.1 Å². The lowest BCUT2D eigenvalue weighted by atomic mass is 9.98. The van der Waals surface area contributed by atoms with Gasteiger partial charge in [0.25, 0.3) is 0 Å². The summed E-state index contributed by atoms with van der Waals surface area (Å²) in [7, 11) is 1.63. The van der Waals surface area contributed by atoms with Crippen LogP contribution in [0, 0.1) is 6.92 Å². The number of hydrogen-bond donors (Lipinski definition) is 1. The fraction of sp³-hybridized carbons (Fsp3) is 0.0909. The van der Waals surface area contributed by atoms with E-state index in [4.69, 9.17) is 10.5 Å². The third-order valence-corrected chi connectivity index (χ3v) is 4.02. The summed E-state index contributed by atoms with van der Waals surface area (Å²) < 4.78 is 5.36. The number of allylic oxidation sites excluding steroid dienone is 4. The van der Waals surface area contributed by atoms with E-state index in [2.05, 4.69) is 16.6 Å². The molecule has 3 rings (SSSR count). The average molecular weight is 343 g/mol. The van der Waals surface area contributed by atoms with Crippen LogP contribution >= 0.6 is 0 Å². The minimum atomic E-state index is 0.584. The van der Waals surface area contributed by atoms with Crippen LogP contribution in [0.2, 0.25) is 0 Å². The largest absolute Gasteiger partial charge is 0.497 e. The van der Waals surface area contributed by atoms with Crippen molar-refractivity contribution < 1.29 is 4.74 Å². The van der Waals surface area contributed by atoms with Gasteiger partial charge < -0.3 is 10.5 Å². The Morgan fingerprint density at radius 1 is 1.08 bits per heavy atom. The zero-order valence-electron chi connectivity index (χ0n) is 14.9. The smallest absolute Gasteiger partial charge is 0.119 e. The molecule has 4 heteroatoms. The summed E-state index contributed by atoms with van der Waals surface area (Å²) in [6, 6.07) is 15.6. The van der Waals surface area contributed by atoms with E-state index in [0.29, 0.717) is 11.4 Å². The number of aliphatic imine (C=N–C) groups is 1. The Bertz CT molecular complexity index is 950. The van der Waals surface area contributed by atoms with Gasteiger partial charge in [0.2, 0.25) is 0 Å². The number of rotatable bonds is 4. The van der Waals surface area contributed by atoms with Gasteiger partial charge in [-0.15, -0.1) is 0 Å². The van der Waals surface area contributed by atoms with E-state index >= 15 is 0 Å². The molecule has 0 fully saturated rings. The number of aromatic nitrogens is 1. The Hall–Kier alpha value is -3.40. The van der Waals surface area contributed by atoms with Gasteiger partial charge >= 0.3 is 0 Å². The first-order valence-corrected chi connectivity index (χ1v) is 8.29. The van der Waals surface area contributed by atoms with E-state index in [0.717, 1.165) is 34.0 Å². The molecule has 0 saturated carbocycles. The molecule has 26 heavy (non-hydrogen) atoms. The molecule has 4 nitrogen and oxygen atoms in total. The lowest BCUT2D eigenvalue weighted by Gasteiger charge is -2.15. The Kier molecular flexibility index (Phi) is 5.13. The molecular formula is C22H21N3O. The molecule has 0 radical (unpaired) electrons. The number of ether oxygens (including phenoxy) is 1. The summed E-state index contributed by atoms with van der Waals surface area (Å²) in [5.74, 6) is 0.720. The second kappa shape index (κ2) is 7.66. The van der Waals surface area contributed by atoms with E-state index in [1.165, 1.54) is 0 Å². The quantitative estimate of drug-likeness (QED) is 0.902. The Balaban J connectivity index is 2.06. The highest BCUT2D eigenvalue weighted by Gasteiger charge is 2.15. The van der Waals surface area contributed by atoms with Crippen molar-refractivity contribution in [3.8, 4) is 0 Å². The van der Waals surface area contributed by atoms with E-state index in [1.54, 1.807) is 7.11 Å². The lowest BCUT2D eigenvalue weighted by Crippen LogP contribution is -2.11. The standard InChI is InChI=1S/C22H21N3O/c1-15-8-7-11-20(24-15)16(2)25-21-13-12-18(26-3)14-19(21)22(23)17-9-5-4-6-10-17/h4-14H,2,23H2,1,3H3/b22-19-,25-21-. The van der Waals surface area contributed by atoms with Crippen LogP contribution in [-0.2, 0) is 4.74 Å². The summed E-state index contributed by atoms with van der Waals surface area (Å²) in [4.78, 5) is 9.16. The molecule has 1 heterocycles.